The molecule has 0 heterocycles. The second-order valence-electron chi connectivity index (χ2n) is 2.11. The fourth-order valence-electron chi connectivity index (χ4n) is 0.438. The van der Waals surface area contributed by atoms with Gasteiger partial charge in [0.1, 0.15) is 5.16 Å². The smallest absolute Gasteiger partial charge is 0.102 e. The van der Waals surface area contributed by atoms with Crippen molar-refractivity contribution >= 4 is 11.6 Å². The highest BCUT2D eigenvalue weighted by atomic mass is 35.5. The monoisotopic (exact) mass is 145 g/mol. The highest BCUT2D eigenvalue weighted by molar-refractivity contribution is 6.29. The minimum absolute atomic E-state index is 0.477. The van der Waals surface area contributed by atoms with E-state index in [9.17, 15) is 0 Å². The van der Waals surface area contributed by atoms with E-state index < -0.39 is 0 Å². The molecule has 0 aliphatic heterocycles. The summed E-state index contributed by atoms with van der Waals surface area (Å²) < 4.78 is 0. The molecule has 0 aromatic heterocycles. The Labute approximate surface area is 61.4 Å². The quantitative estimate of drug-likeness (QED) is 0.602. The molecule has 0 bridgehead atoms. The number of nitrogens with one attached hydrogen (secondary N) is 1. The topological polar surface area (TPSA) is 12.0 Å². The third kappa shape index (κ3) is 5.44. The lowest BCUT2D eigenvalue weighted by molar-refractivity contribution is 0.820. The standard InChI is InChI=1S/C7H12ClN/c1-4-9-7(8)5-6(2)3/h4-6,9H,1H2,2-3H3/b7-5-. The van der Waals surface area contributed by atoms with E-state index in [1.807, 2.05) is 6.08 Å². The molecule has 1 N–H and O–H groups in total. The zero-order valence-corrected chi connectivity index (χ0v) is 6.57. The zero-order chi connectivity index (χ0) is 7.28. The second-order valence-corrected chi connectivity index (χ2v) is 2.51. The average molecular weight is 146 g/mol. The molecule has 0 saturated heterocycles. The Bertz CT molecular complexity index is 116. The van der Waals surface area contributed by atoms with E-state index in [-0.39, 0.29) is 0 Å². The second kappa shape index (κ2) is 4.45. The van der Waals surface area contributed by atoms with Crippen molar-refractivity contribution in [1.29, 1.82) is 0 Å². The van der Waals surface area contributed by atoms with Crippen molar-refractivity contribution in [3.63, 3.8) is 0 Å². The van der Waals surface area contributed by atoms with Crippen LogP contribution in [0, 0.1) is 5.92 Å². The van der Waals surface area contributed by atoms with Crippen LogP contribution >= 0.6 is 11.6 Å². The summed E-state index contributed by atoms with van der Waals surface area (Å²) in [7, 11) is 0. The van der Waals surface area contributed by atoms with Crippen LogP contribution in [-0.4, -0.2) is 0 Å². The average Bonchev–Trinajstić information content (AvgIpc) is 1.63. The van der Waals surface area contributed by atoms with Crippen LogP contribution in [0.25, 0.3) is 0 Å². The van der Waals surface area contributed by atoms with Crippen molar-refractivity contribution in [3.8, 4) is 0 Å². The summed E-state index contributed by atoms with van der Waals surface area (Å²) in [5.74, 6) is 0.477. The minimum atomic E-state index is 0.477. The van der Waals surface area contributed by atoms with Gasteiger partial charge in [-0.05, 0) is 18.2 Å². The SMILES string of the molecule is C=CN/C(Cl)=C\C(C)C. The Morgan fingerprint density at radius 2 is 2.22 bits per heavy atom. The molecule has 0 saturated carbocycles. The Morgan fingerprint density at radius 1 is 1.67 bits per heavy atom. The van der Waals surface area contributed by atoms with E-state index in [4.69, 9.17) is 11.6 Å². The van der Waals surface area contributed by atoms with Gasteiger partial charge in [-0.15, -0.1) is 0 Å². The van der Waals surface area contributed by atoms with Crippen molar-refractivity contribution in [3.05, 3.63) is 24.0 Å². The van der Waals surface area contributed by atoms with Crippen LogP contribution in [0.15, 0.2) is 24.0 Å². The van der Waals surface area contributed by atoms with Gasteiger partial charge in [0, 0.05) is 0 Å². The Hall–Kier alpha value is -0.430. The molecule has 0 unspecified atom stereocenters. The predicted molar refractivity (Wildman–Crippen MR) is 42.1 cm³/mol. The molecule has 0 aromatic carbocycles. The van der Waals surface area contributed by atoms with E-state index in [1.165, 1.54) is 0 Å². The van der Waals surface area contributed by atoms with Crippen LogP contribution in [0.1, 0.15) is 13.8 Å². The lowest BCUT2D eigenvalue weighted by Gasteiger charge is -1.98. The summed E-state index contributed by atoms with van der Waals surface area (Å²) in [6.07, 6.45) is 3.48. The van der Waals surface area contributed by atoms with E-state index in [1.54, 1.807) is 6.20 Å². The van der Waals surface area contributed by atoms with Gasteiger partial charge < -0.3 is 5.32 Å². The first-order valence-corrected chi connectivity index (χ1v) is 3.29. The van der Waals surface area contributed by atoms with Crippen molar-refractivity contribution < 1.29 is 0 Å². The summed E-state index contributed by atoms with van der Waals surface area (Å²) in [4.78, 5) is 0. The van der Waals surface area contributed by atoms with Crippen molar-refractivity contribution in [1.82, 2.24) is 5.32 Å². The van der Waals surface area contributed by atoms with Gasteiger partial charge in [-0.3, -0.25) is 0 Å². The number of allylic oxidation sites excluding steroid dienone is 1. The number of hydrogen-bond acceptors (Lipinski definition) is 1. The molecular weight excluding hydrogens is 134 g/mol. The minimum Gasteiger partial charge on any atom is -0.353 e. The Morgan fingerprint density at radius 3 is 2.56 bits per heavy atom. The van der Waals surface area contributed by atoms with Gasteiger partial charge in [0.2, 0.25) is 0 Å². The van der Waals surface area contributed by atoms with Gasteiger partial charge in [0.25, 0.3) is 0 Å². The number of hydrogen-bond donors (Lipinski definition) is 1. The molecule has 0 amide bonds. The molecule has 0 aromatic rings. The van der Waals surface area contributed by atoms with E-state index in [2.05, 4.69) is 25.7 Å². The summed E-state index contributed by atoms with van der Waals surface area (Å²) >= 11 is 5.65. The number of halogens is 1. The van der Waals surface area contributed by atoms with Crippen molar-refractivity contribution in [2.45, 2.75) is 13.8 Å². The largest absolute Gasteiger partial charge is 0.353 e. The predicted octanol–water partition coefficient (Wildman–Crippen LogP) is 2.46. The zero-order valence-electron chi connectivity index (χ0n) is 5.82. The third-order valence-electron chi connectivity index (χ3n) is 0.720. The molecule has 2 heteroatoms. The summed E-state index contributed by atoms with van der Waals surface area (Å²) in [6, 6.07) is 0. The van der Waals surface area contributed by atoms with E-state index >= 15 is 0 Å². The molecule has 0 aliphatic carbocycles. The van der Waals surface area contributed by atoms with Crippen LogP contribution in [0.4, 0.5) is 0 Å². The third-order valence-corrected chi connectivity index (χ3v) is 0.955. The van der Waals surface area contributed by atoms with Crippen molar-refractivity contribution in [2.24, 2.45) is 5.92 Å². The molecule has 1 nitrogen and oxygen atoms in total. The lowest BCUT2D eigenvalue weighted by atomic mass is 10.2. The summed E-state index contributed by atoms with van der Waals surface area (Å²) in [6.45, 7) is 7.60. The molecule has 0 atom stereocenters. The van der Waals surface area contributed by atoms with Gasteiger partial charge in [-0.1, -0.05) is 32.0 Å². The molecule has 0 spiro atoms. The van der Waals surface area contributed by atoms with Gasteiger partial charge in [0.05, 0.1) is 0 Å². The van der Waals surface area contributed by atoms with Gasteiger partial charge >= 0.3 is 0 Å². The first-order chi connectivity index (χ1) is 4.16. The first-order valence-electron chi connectivity index (χ1n) is 2.91. The molecule has 52 valence electrons. The number of rotatable bonds is 3. The first kappa shape index (κ1) is 8.57. The maximum Gasteiger partial charge on any atom is 0.102 e. The van der Waals surface area contributed by atoms with Gasteiger partial charge in [-0.2, -0.15) is 0 Å². The molecule has 0 aliphatic rings. The molecule has 0 rings (SSSR count). The highest BCUT2D eigenvalue weighted by Crippen LogP contribution is 2.02. The van der Waals surface area contributed by atoms with E-state index in [0.717, 1.165) is 0 Å². The Balaban J connectivity index is 3.68. The van der Waals surface area contributed by atoms with Crippen LogP contribution in [-0.2, 0) is 0 Å². The maximum atomic E-state index is 5.65. The van der Waals surface area contributed by atoms with Gasteiger partial charge in [-0.25, -0.2) is 0 Å². The molecular formula is C7H12ClN. The molecule has 0 fully saturated rings. The van der Waals surface area contributed by atoms with Crippen LogP contribution < -0.4 is 5.32 Å². The Kier molecular flexibility index (Phi) is 4.24. The fraction of sp³-hybridized carbons (Fsp3) is 0.429. The fourth-order valence-corrected chi connectivity index (χ4v) is 0.767. The molecule has 0 radical (unpaired) electrons. The maximum absolute atomic E-state index is 5.65. The van der Waals surface area contributed by atoms with Crippen LogP contribution in [0.3, 0.4) is 0 Å². The van der Waals surface area contributed by atoms with Gasteiger partial charge in [0.15, 0.2) is 0 Å². The van der Waals surface area contributed by atoms with Crippen LogP contribution in [0.2, 0.25) is 0 Å². The summed E-state index contributed by atoms with van der Waals surface area (Å²) in [5, 5.41) is 3.41. The van der Waals surface area contributed by atoms with E-state index in [0.29, 0.717) is 11.1 Å². The summed E-state index contributed by atoms with van der Waals surface area (Å²) in [5.41, 5.74) is 0. The van der Waals surface area contributed by atoms with Crippen molar-refractivity contribution in [2.75, 3.05) is 0 Å². The van der Waals surface area contributed by atoms with Crippen LogP contribution in [0.5, 0.6) is 0 Å². The lowest BCUT2D eigenvalue weighted by Crippen LogP contribution is -1.98. The normalized spacial score (nSPS) is 11.8. The highest BCUT2D eigenvalue weighted by Gasteiger charge is 1.88. The molecule has 9 heavy (non-hydrogen) atoms.